The summed E-state index contributed by atoms with van der Waals surface area (Å²) in [5.41, 5.74) is 0. The summed E-state index contributed by atoms with van der Waals surface area (Å²) in [5, 5.41) is 8.92. The van der Waals surface area contributed by atoms with Gasteiger partial charge in [0.05, 0.1) is 6.42 Å². The Hall–Kier alpha value is -0.180. The van der Waals surface area contributed by atoms with Crippen molar-refractivity contribution in [3.8, 4) is 0 Å². The zero-order valence-electron chi connectivity index (χ0n) is 8.58. The maximum atomic E-state index is 10.4. The Morgan fingerprint density at radius 1 is 1.38 bits per heavy atom. The average molecular weight is 204 g/mol. The molecule has 0 spiro atoms. The van der Waals surface area contributed by atoms with Gasteiger partial charge in [-0.15, -0.1) is 0 Å². The van der Waals surface area contributed by atoms with Gasteiger partial charge in [-0.05, 0) is 18.6 Å². The summed E-state index contributed by atoms with van der Waals surface area (Å²) >= 11 is 1.81. The molecule has 0 aromatic carbocycles. The SMILES string of the molecule is CCCCCSC(CC)CC(=O)O. The van der Waals surface area contributed by atoms with E-state index >= 15 is 0 Å². The first-order chi connectivity index (χ1) is 6.20. The van der Waals surface area contributed by atoms with Gasteiger partial charge in [0.25, 0.3) is 0 Å². The summed E-state index contributed by atoms with van der Waals surface area (Å²) in [6.07, 6.45) is 4.99. The van der Waals surface area contributed by atoms with E-state index in [-0.39, 0.29) is 0 Å². The van der Waals surface area contributed by atoms with Crippen LogP contribution < -0.4 is 0 Å². The number of rotatable bonds is 8. The highest BCUT2D eigenvalue weighted by Crippen LogP contribution is 2.19. The van der Waals surface area contributed by atoms with Crippen LogP contribution in [0.2, 0.25) is 0 Å². The summed E-state index contributed by atoms with van der Waals surface area (Å²) in [4.78, 5) is 10.4. The predicted molar refractivity (Wildman–Crippen MR) is 58.3 cm³/mol. The van der Waals surface area contributed by atoms with Crippen molar-refractivity contribution in [2.75, 3.05) is 5.75 Å². The monoisotopic (exact) mass is 204 g/mol. The van der Waals surface area contributed by atoms with Crippen LogP contribution >= 0.6 is 11.8 Å². The Bertz CT molecular complexity index is 137. The third-order valence-corrected chi connectivity index (χ3v) is 3.45. The van der Waals surface area contributed by atoms with Crippen molar-refractivity contribution in [3.63, 3.8) is 0 Å². The molecule has 2 nitrogen and oxygen atoms in total. The Morgan fingerprint density at radius 2 is 2.08 bits per heavy atom. The maximum Gasteiger partial charge on any atom is 0.304 e. The van der Waals surface area contributed by atoms with E-state index in [1.165, 1.54) is 19.3 Å². The van der Waals surface area contributed by atoms with Crippen molar-refractivity contribution in [1.29, 1.82) is 0 Å². The topological polar surface area (TPSA) is 37.3 Å². The Kier molecular flexibility index (Phi) is 8.30. The first-order valence-corrected chi connectivity index (χ1v) is 6.09. The van der Waals surface area contributed by atoms with E-state index in [0.717, 1.165) is 12.2 Å². The predicted octanol–water partition coefficient (Wildman–Crippen LogP) is 3.16. The van der Waals surface area contributed by atoms with Crippen LogP contribution in [0.4, 0.5) is 0 Å². The second kappa shape index (κ2) is 8.42. The smallest absolute Gasteiger partial charge is 0.304 e. The fraction of sp³-hybridized carbons (Fsp3) is 0.900. The van der Waals surface area contributed by atoms with Gasteiger partial charge in [-0.2, -0.15) is 11.8 Å². The summed E-state index contributed by atoms with van der Waals surface area (Å²) in [6.45, 7) is 4.24. The molecule has 0 fully saturated rings. The molecule has 0 saturated carbocycles. The van der Waals surface area contributed by atoms with Crippen LogP contribution in [0.1, 0.15) is 46.0 Å². The van der Waals surface area contributed by atoms with E-state index in [9.17, 15) is 4.79 Å². The molecule has 0 aliphatic rings. The molecule has 78 valence electrons. The molecule has 1 atom stereocenters. The van der Waals surface area contributed by atoms with Crippen molar-refractivity contribution < 1.29 is 9.90 Å². The molecule has 3 heteroatoms. The molecule has 0 aromatic rings. The summed E-state index contributed by atoms with van der Waals surface area (Å²) in [5.74, 6) is 0.439. The van der Waals surface area contributed by atoms with Crippen molar-refractivity contribution >= 4 is 17.7 Å². The molecule has 0 aromatic heterocycles. The summed E-state index contributed by atoms with van der Waals surface area (Å²) in [7, 11) is 0. The Morgan fingerprint density at radius 3 is 2.54 bits per heavy atom. The molecule has 0 aliphatic heterocycles. The second-order valence-corrected chi connectivity index (χ2v) is 4.61. The van der Waals surface area contributed by atoms with Crippen molar-refractivity contribution in [1.82, 2.24) is 0 Å². The Balaban J connectivity index is 3.42. The first kappa shape index (κ1) is 12.8. The highest BCUT2D eigenvalue weighted by molar-refractivity contribution is 7.99. The van der Waals surface area contributed by atoms with Crippen molar-refractivity contribution in [2.45, 2.75) is 51.2 Å². The van der Waals surface area contributed by atoms with Gasteiger partial charge in [0.2, 0.25) is 0 Å². The van der Waals surface area contributed by atoms with Gasteiger partial charge in [-0.1, -0.05) is 26.7 Å². The van der Waals surface area contributed by atoms with Crippen LogP contribution in [-0.2, 0) is 4.79 Å². The van der Waals surface area contributed by atoms with E-state index in [1.807, 2.05) is 11.8 Å². The molecule has 13 heavy (non-hydrogen) atoms. The van der Waals surface area contributed by atoms with Gasteiger partial charge >= 0.3 is 5.97 Å². The molecule has 1 unspecified atom stereocenters. The number of carbonyl (C=O) groups is 1. The van der Waals surface area contributed by atoms with E-state index in [2.05, 4.69) is 13.8 Å². The van der Waals surface area contributed by atoms with E-state index in [1.54, 1.807) is 0 Å². The zero-order valence-corrected chi connectivity index (χ0v) is 9.40. The third kappa shape index (κ3) is 8.16. The van der Waals surface area contributed by atoms with Crippen molar-refractivity contribution in [3.05, 3.63) is 0 Å². The van der Waals surface area contributed by atoms with E-state index in [0.29, 0.717) is 11.7 Å². The molecule has 0 rings (SSSR count). The van der Waals surface area contributed by atoms with E-state index in [4.69, 9.17) is 5.11 Å². The molecular weight excluding hydrogens is 184 g/mol. The minimum atomic E-state index is -0.671. The molecule has 0 bridgehead atoms. The third-order valence-electron chi connectivity index (χ3n) is 1.96. The minimum Gasteiger partial charge on any atom is -0.481 e. The van der Waals surface area contributed by atoms with E-state index < -0.39 is 5.97 Å². The number of thioether (sulfide) groups is 1. The summed E-state index contributed by atoms with van der Waals surface area (Å²) in [6, 6.07) is 0. The molecule has 0 aliphatic carbocycles. The minimum absolute atomic E-state index is 0.313. The lowest BCUT2D eigenvalue weighted by atomic mass is 10.2. The van der Waals surface area contributed by atoms with Crippen LogP contribution in [0.5, 0.6) is 0 Å². The highest BCUT2D eigenvalue weighted by atomic mass is 32.2. The zero-order chi connectivity index (χ0) is 10.1. The van der Waals surface area contributed by atoms with Gasteiger partial charge in [-0.25, -0.2) is 0 Å². The maximum absolute atomic E-state index is 10.4. The fourth-order valence-corrected chi connectivity index (χ4v) is 2.32. The number of hydrogen-bond acceptors (Lipinski definition) is 2. The van der Waals surface area contributed by atoms with Gasteiger partial charge in [0, 0.05) is 5.25 Å². The first-order valence-electron chi connectivity index (χ1n) is 5.04. The number of carboxylic acid groups (broad SMARTS) is 1. The quantitative estimate of drug-likeness (QED) is 0.617. The van der Waals surface area contributed by atoms with Gasteiger partial charge in [-0.3, -0.25) is 4.79 Å². The largest absolute Gasteiger partial charge is 0.481 e. The molecule has 0 amide bonds. The van der Waals surface area contributed by atoms with Crippen LogP contribution in [-0.4, -0.2) is 22.1 Å². The lowest BCUT2D eigenvalue weighted by Gasteiger charge is -2.11. The van der Waals surface area contributed by atoms with Gasteiger partial charge in [0.15, 0.2) is 0 Å². The molecule has 0 saturated heterocycles. The normalized spacial score (nSPS) is 12.8. The van der Waals surface area contributed by atoms with Crippen LogP contribution in [0.3, 0.4) is 0 Å². The number of hydrogen-bond donors (Lipinski definition) is 1. The van der Waals surface area contributed by atoms with Crippen LogP contribution in [0.15, 0.2) is 0 Å². The van der Waals surface area contributed by atoms with Gasteiger partial charge in [0.1, 0.15) is 0 Å². The number of carboxylic acids is 1. The highest BCUT2D eigenvalue weighted by Gasteiger charge is 2.10. The standard InChI is InChI=1S/C10H20O2S/c1-3-5-6-7-13-9(4-2)8-10(11)12/h9H,3-8H2,1-2H3,(H,11,12). The van der Waals surface area contributed by atoms with Crippen molar-refractivity contribution in [2.24, 2.45) is 0 Å². The van der Waals surface area contributed by atoms with Crippen LogP contribution in [0.25, 0.3) is 0 Å². The van der Waals surface area contributed by atoms with Crippen LogP contribution in [0, 0.1) is 0 Å². The lowest BCUT2D eigenvalue weighted by molar-refractivity contribution is -0.136. The molecule has 0 radical (unpaired) electrons. The van der Waals surface area contributed by atoms with Gasteiger partial charge < -0.3 is 5.11 Å². The average Bonchev–Trinajstić information content (AvgIpc) is 2.09. The summed E-state index contributed by atoms with van der Waals surface area (Å²) < 4.78 is 0. The molecule has 0 heterocycles. The Labute approximate surface area is 85.1 Å². The lowest BCUT2D eigenvalue weighted by Crippen LogP contribution is -2.09. The second-order valence-electron chi connectivity index (χ2n) is 3.21. The molecule has 1 N–H and O–H groups in total. The fourth-order valence-electron chi connectivity index (χ4n) is 1.12. The number of unbranched alkanes of at least 4 members (excludes halogenated alkanes) is 2. The number of aliphatic carboxylic acids is 1. The molecular formula is C10H20O2S.